The number of nitrogens with zero attached hydrogens (tertiary/aromatic N) is 1. The average molecular weight is 271 g/mol. The third-order valence-corrected chi connectivity index (χ3v) is 4.16. The van der Waals surface area contributed by atoms with Gasteiger partial charge in [0.1, 0.15) is 5.54 Å². The molecule has 2 aliphatic rings. The van der Waals surface area contributed by atoms with Crippen LogP contribution in [0.5, 0.6) is 0 Å². The van der Waals surface area contributed by atoms with E-state index in [-0.39, 0.29) is 18.4 Å². The van der Waals surface area contributed by atoms with E-state index >= 15 is 0 Å². The smallest absolute Gasteiger partial charge is 0.325 e. The molecule has 5 N–H and O–H groups in total. The zero-order valence-corrected chi connectivity index (χ0v) is 10.8. The highest BCUT2D eigenvalue weighted by Gasteiger charge is 2.55. The summed E-state index contributed by atoms with van der Waals surface area (Å²) in [6.45, 7) is -0.313. The summed E-state index contributed by atoms with van der Waals surface area (Å²) in [6, 6.07) is -0.502. The van der Waals surface area contributed by atoms with Crippen LogP contribution in [0.2, 0.25) is 0 Å². The first-order valence-corrected chi connectivity index (χ1v) is 6.68. The monoisotopic (exact) mass is 271 g/mol. The number of hydrogen-bond acceptors (Lipinski definition) is 5. The lowest BCUT2D eigenvalue weighted by Gasteiger charge is -2.38. The van der Waals surface area contributed by atoms with Gasteiger partial charge < -0.3 is 21.3 Å². The number of urea groups is 1. The number of β-amino-alcohol motifs (C(OH)–C–C–N with tert-alkyl or cyclic N) is 1. The summed E-state index contributed by atoms with van der Waals surface area (Å²) < 4.78 is 0. The number of hydrogen-bond donors (Lipinski definition) is 4. The van der Waals surface area contributed by atoms with Gasteiger partial charge in [-0.1, -0.05) is 12.8 Å². The lowest BCUT2D eigenvalue weighted by atomic mass is 9.72. The average Bonchev–Trinajstić information content (AvgIpc) is 2.64. The van der Waals surface area contributed by atoms with Crippen LogP contribution in [0.1, 0.15) is 25.7 Å². The van der Waals surface area contributed by atoms with Gasteiger partial charge in [0.15, 0.2) is 0 Å². The molecule has 1 aliphatic heterocycles. The number of rotatable bonds is 4. The number of carbonyl (C=O) groups is 2. The van der Waals surface area contributed by atoms with E-state index in [4.69, 9.17) is 10.8 Å². The quantitative estimate of drug-likeness (QED) is 0.478. The van der Waals surface area contributed by atoms with E-state index in [0.717, 1.165) is 24.2 Å². The zero-order chi connectivity index (χ0) is 14.0. The summed E-state index contributed by atoms with van der Waals surface area (Å²) in [7, 11) is 0. The molecule has 0 aromatic carbocycles. The Labute approximate surface area is 111 Å². The lowest BCUT2D eigenvalue weighted by molar-refractivity contribution is -0.135. The highest BCUT2D eigenvalue weighted by atomic mass is 16.3. The van der Waals surface area contributed by atoms with E-state index in [1.165, 1.54) is 0 Å². The van der Waals surface area contributed by atoms with Crippen LogP contribution in [-0.4, -0.2) is 58.4 Å². The first kappa shape index (κ1) is 14.2. The fourth-order valence-electron chi connectivity index (χ4n) is 3.09. The second-order valence-electron chi connectivity index (χ2n) is 5.33. The molecule has 2 rings (SSSR count). The van der Waals surface area contributed by atoms with E-state index in [1.54, 1.807) is 0 Å². The molecular weight excluding hydrogens is 250 g/mol. The van der Waals surface area contributed by atoms with Crippen molar-refractivity contribution in [2.45, 2.75) is 37.3 Å². The summed E-state index contributed by atoms with van der Waals surface area (Å²) in [5.41, 5.74) is 4.82. The van der Waals surface area contributed by atoms with Gasteiger partial charge in [-0.25, -0.2) is 4.79 Å². The number of nitrogens with two attached hydrogens (primary N) is 1. The minimum atomic E-state index is -1.11. The lowest BCUT2D eigenvalue weighted by Crippen LogP contribution is -2.57. The molecule has 1 saturated heterocycles. The van der Waals surface area contributed by atoms with E-state index in [9.17, 15) is 14.7 Å². The molecule has 0 bridgehead atoms. The standard InChI is InChI=1S/C12H21N3O4/c13-5-8-3-1-2-4-12(8)10(18)15(11(19)14-12)6-9(17)7-16/h8-9,16-17H,1-7,13H2,(H,14,19). The molecule has 19 heavy (non-hydrogen) atoms. The molecule has 3 unspecified atom stereocenters. The predicted octanol–water partition coefficient (Wildman–Crippen LogP) is -1.22. The minimum absolute atomic E-state index is 0.0611. The second-order valence-corrected chi connectivity index (χ2v) is 5.33. The number of nitrogens with one attached hydrogen (secondary N) is 1. The van der Waals surface area contributed by atoms with Crippen molar-refractivity contribution in [3.05, 3.63) is 0 Å². The van der Waals surface area contributed by atoms with Crippen molar-refractivity contribution in [2.75, 3.05) is 19.7 Å². The van der Waals surface area contributed by atoms with E-state index in [2.05, 4.69) is 5.32 Å². The van der Waals surface area contributed by atoms with E-state index in [0.29, 0.717) is 13.0 Å². The highest BCUT2D eigenvalue weighted by molar-refractivity contribution is 6.07. The Balaban J connectivity index is 2.20. The first-order chi connectivity index (χ1) is 9.05. The molecular formula is C12H21N3O4. The molecule has 3 atom stereocenters. The van der Waals surface area contributed by atoms with Gasteiger partial charge in [0, 0.05) is 5.92 Å². The molecule has 0 radical (unpaired) electrons. The minimum Gasteiger partial charge on any atom is -0.394 e. The van der Waals surface area contributed by atoms with Gasteiger partial charge in [0.2, 0.25) is 0 Å². The largest absolute Gasteiger partial charge is 0.394 e. The van der Waals surface area contributed by atoms with Crippen LogP contribution in [-0.2, 0) is 4.79 Å². The van der Waals surface area contributed by atoms with Gasteiger partial charge in [-0.15, -0.1) is 0 Å². The van der Waals surface area contributed by atoms with Crippen LogP contribution >= 0.6 is 0 Å². The van der Waals surface area contributed by atoms with E-state index < -0.39 is 24.3 Å². The number of amides is 3. The Kier molecular flexibility index (Phi) is 4.07. The molecule has 1 spiro atoms. The number of imide groups is 1. The summed E-state index contributed by atoms with van der Waals surface area (Å²) in [6.07, 6.45) is 2.18. The molecule has 7 nitrogen and oxygen atoms in total. The second kappa shape index (κ2) is 5.44. The van der Waals surface area contributed by atoms with Crippen molar-refractivity contribution >= 4 is 11.9 Å². The van der Waals surface area contributed by atoms with Gasteiger partial charge >= 0.3 is 6.03 Å². The van der Waals surface area contributed by atoms with Crippen molar-refractivity contribution in [3.63, 3.8) is 0 Å². The van der Waals surface area contributed by atoms with Gasteiger partial charge in [0.05, 0.1) is 19.3 Å². The van der Waals surface area contributed by atoms with Crippen molar-refractivity contribution in [1.29, 1.82) is 0 Å². The van der Waals surface area contributed by atoms with Crippen LogP contribution in [0.25, 0.3) is 0 Å². The predicted molar refractivity (Wildman–Crippen MR) is 67.1 cm³/mol. The SMILES string of the molecule is NCC1CCCCC12NC(=O)N(CC(O)CO)C2=O. The summed E-state index contributed by atoms with van der Waals surface area (Å²) in [5, 5.41) is 21.0. The molecule has 1 heterocycles. The third-order valence-electron chi connectivity index (χ3n) is 4.16. The third kappa shape index (κ3) is 2.33. The van der Waals surface area contributed by atoms with Crippen LogP contribution in [0, 0.1) is 5.92 Å². The van der Waals surface area contributed by atoms with Crippen LogP contribution < -0.4 is 11.1 Å². The maximum absolute atomic E-state index is 12.5. The first-order valence-electron chi connectivity index (χ1n) is 6.68. The van der Waals surface area contributed by atoms with Crippen LogP contribution in [0.4, 0.5) is 4.79 Å². The van der Waals surface area contributed by atoms with Crippen molar-refractivity contribution < 1.29 is 19.8 Å². The number of aliphatic hydroxyl groups is 2. The normalized spacial score (nSPS) is 32.8. The van der Waals surface area contributed by atoms with E-state index in [1.807, 2.05) is 0 Å². The zero-order valence-electron chi connectivity index (χ0n) is 10.8. The molecule has 108 valence electrons. The molecule has 2 fully saturated rings. The van der Waals surface area contributed by atoms with Crippen LogP contribution in [0.15, 0.2) is 0 Å². The Morgan fingerprint density at radius 2 is 2.21 bits per heavy atom. The number of carbonyl (C=O) groups excluding carboxylic acids is 2. The topological polar surface area (TPSA) is 116 Å². The Hall–Kier alpha value is -1.18. The molecule has 1 aliphatic carbocycles. The van der Waals surface area contributed by atoms with Gasteiger partial charge in [0.25, 0.3) is 5.91 Å². The number of aliphatic hydroxyl groups excluding tert-OH is 2. The van der Waals surface area contributed by atoms with Gasteiger partial charge in [-0.05, 0) is 19.4 Å². The molecule has 0 aromatic heterocycles. The van der Waals surface area contributed by atoms with Crippen LogP contribution in [0.3, 0.4) is 0 Å². The Bertz CT molecular complexity index is 376. The fraction of sp³-hybridized carbons (Fsp3) is 0.833. The van der Waals surface area contributed by atoms with Gasteiger partial charge in [-0.3, -0.25) is 9.69 Å². The van der Waals surface area contributed by atoms with Gasteiger partial charge in [-0.2, -0.15) is 0 Å². The maximum Gasteiger partial charge on any atom is 0.325 e. The van der Waals surface area contributed by atoms with Crippen molar-refractivity contribution in [3.8, 4) is 0 Å². The Morgan fingerprint density at radius 1 is 1.47 bits per heavy atom. The molecule has 0 aromatic rings. The Morgan fingerprint density at radius 3 is 2.84 bits per heavy atom. The maximum atomic E-state index is 12.5. The summed E-state index contributed by atoms with van der Waals surface area (Å²) in [4.78, 5) is 25.4. The molecule has 1 saturated carbocycles. The summed E-state index contributed by atoms with van der Waals surface area (Å²) in [5.74, 6) is -0.380. The van der Waals surface area contributed by atoms with Crippen molar-refractivity contribution in [2.24, 2.45) is 11.7 Å². The summed E-state index contributed by atoms with van der Waals surface area (Å²) >= 11 is 0. The molecule has 7 heteroatoms. The van der Waals surface area contributed by atoms with Crippen molar-refractivity contribution in [1.82, 2.24) is 10.2 Å². The fourth-order valence-corrected chi connectivity index (χ4v) is 3.09. The highest BCUT2D eigenvalue weighted by Crippen LogP contribution is 2.37. The molecule has 3 amide bonds.